The van der Waals surface area contributed by atoms with Crippen LogP contribution in [0.15, 0.2) is 30.3 Å². The minimum absolute atomic E-state index is 0.253. The molecule has 2 rings (SSSR count). The summed E-state index contributed by atoms with van der Waals surface area (Å²) in [5, 5.41) is 18.8. The van der Waals surface area contributed by atoms with Gasteiger partial charge in [-0.2, -0.15) is 0 Å². The van der Waals surface area contributed by atoms with Gasteiger partial charge in [-0.25, -0.2) is 0 Å². The molecule has 1 aromatic rings. The van der Waals surface area contributed by atoms with Crippen LogP contribution in [0.25, 0.3) is 0 Å². The molecule has 0 spiro atoms. The van der Waals surface area contributed by atoms with Crippen LogP contribution < -0.4 is 0 Å². The summed E-state index contributed by atoms with van der Waals surface area (Å²) >= 11 is 0. The van der Waals surface area contributed by atoms with Gasteiger partial charge in [-0.1, -0.05) is 30.3 Å². The molecule has 4 atom stereocenters. The van der Waals surface area contributed by atoms with Crippen LogP contribution in [0.2, 0.25) is 0 Å². The van der Waals surface area contributed by atoms with Crippen LogP contribution in [0.5, 0.6) is 0 Å². The second kappa shape index (κ2) is 5.37. The maximum absolute atomic E-state index is 10.7. The average molecular weight is 238 g/mol. The van der Waals surface area contributed by atoms with Gasteiger partial charge in [0, 0.05) is 0 Å². The van der Waals surface area contributed by atoms with E-state index in [4.69, 9.17) is 9.47 Å². The van der Waals surface area contributed by atoms with E-state index in [9.17, 15) is 15.0 Å². The van der Waals surface area contributed by atoms with Crippen molar-refractivity contribution < 1.29 is 24.5 Å². The van der Waals surface area contributed by atoms with Crippen LogP contribution in [0.3, 0.4) is 0 Å². The predicted molar refractivity (Wildman–Crippen MR) is 58.0 cm³/mol. The second-order valence-corrected chi connectivity index (χ2v) is 3.88. The van der Waals surface area contributed by atoms with Crippen LogP contribution in [-0.2, 0) is 20.9 Å². The number of aldehydes is 1. The molecule has 0 unspecified atom stereocenters. The second-order valence-electron chi connectivity index (χ2n) is 3.88. The van der Waals surface area contributed by atoms with Gasteiger partial charge >= 0.3 is 0 Å². The molecular weight excluding hydrogens is 224 g/mol. The third-order valence-electron chi connectivity index (χ3n) is 2.67. The Hall–Kier alpha value is -1.27. The first kappa shape index (κ1) is 12.2. The summed E-state index contributed by atoms with van der Waals surface area (Å²) < 4.78 is 10.2. The Morgan fingerprint density at radius 3 is 2.65 bits per heavy atom. The quantitative estimate of drug-likeness (QED) is 0.713. The summed E-state index contributed by atoms with van der Waals surface area (Å²) in [6.07, 6.45) is -3.80. The van der Waals surface area contributed by atoms with E-state index in [1.165, 1.54) is 0 Å². The number of aliphatic hydroxyl groups is 2. The number of hydrogen-bond acceptors (Lipinski definition) is 5. The van der Waals surface area contributed by atoms with Gasteiger partial charge in [0.1, 0.15) is 18.3 Å². The van der Waals surface area contributed by atoms with Crippen molar-refractivity contribution in [3.63, 3.8) is 0 Å². The van der Waals surface area contributed by atoms with Crippen molar-refractivity contribution in [3.8, 4) is 0 Å². The summed E-state index contributed by atoms with van der Waals surface area (Å²) in [6.45, 7) is 0.253. The minimum Gasteiger partial charge on any atom is -0.385 e. The molecule has 1 aliphatic rings. The zero-order valence-corrected chi connectivity index (χ0v) is 9.10. The van der Waals surface area contributed by atoms with Crippen molar-refractivity contribution in [2.45, 2.75) is 31.2 Å². The van der Waals surface area contributed by atoms with Crippen molar-refractivity contribution in [1.29, 1.82) is 0 Å². The van der Waals surface area contributed by atoms with Crippen molar-refractivity contribution in [2.24, 2.45) is 0 Å². The summed E-state index contributed by atoms with van der Waals surface area (Å²) in [5.74, 6) is 0. The first-order valence-corrected chi connectivity index (χ1v) is 5.35. The highest BCUT2D eigenvalue weighted by atomic mass is 16.7. The standard InChI is InChI=1S/C12H14O5/c13-6-9-11(10(14)12(15)17-9)16-7-8-4-2-1-3-5-8/h1-6,9-12,14-15H,7H2/t9-,10-,11-,12-/m1/s1. The lowest BCUT2D eigenvalue weighted by atomic mass is 10.1. The van der Waals surface area contributed by atoms with Crippen LogP contribution in [0.4, 0.5) is 0 Å². The van der Waals surface area contributed by atoms with Crippen LogP contribution in [0.1, 0.15) is 5.56 Å². The van der Waals surface area contributed by atoms with Gasteiger partial charge in [0.25, 0.3) is 0 Å². The highest BCUT2D eigenvalue weighted by Crippen LogP contribution is 2.22. The SMILES string of the molecule is O=C[C@H]1O[C@@H](O)[C@H](O)[C@@H]1OCc1ccccc1. The summed E-state index contributed by atoms with van der Waals surface area (Å²) in [4.78, 5) is 10.7. The minimum atomic E-state index is -1.37. The van der Waals surface area contributed by atoms with Gasteiger partial charge in [0.2, 0.25) is 0 Å². The Labute approximate surface area is 98.6 Å². The fraction of sp³-hybridized carbons (Fsp3) is 0.417. The molecule has 5 heteroatoms. The van der Waals surface area contributed by atoms with E-state index in [2.05, 4.69) is 0 Å². The molecule has 0 saturated carbocycles. The number of rotatable bonds is 4. The summed E-state index contributed by atoms with van der Waals surface area (Å²) in [7, 11) is 0. The average Bonchev–Trinajstić information content (AvgIpc) is 2.64. The van der Waals surface area contributed by atoms with Gasteiger partial charge in [-0.05, 0) is 5.56 Å². The number of benzene rings is 1. The molecule has 1 fully saturated rings. The van der Waals surface area contributed by atoms with Gasteiger partial charge in [0.15, 0.2) is 12.6 Å². The lowest BCUT2D eigenvalue weighted by Crippen LogP contribution is -2.35. The summed E-state index contributed by atoms with van der Waals surface area (Å²) in [6, 6.07) is 9.36. The number of ether oxygens (including phenoxy) is 2. The van der Waals surface area contributed by atoms with Crippen LogP contribution in [0, 0.1) is 0 Å². The third kappa shape index (κ3) is 2.70. The fourth-order valence-electron chi connectivity index (χ4n) is 1.75. The highest BCUT2D eigenvalue weighted by Gasteiger charge is 2.43. The first-order chi connectivity index (χ1) is 8.22. The third-order valence-corrected chi connectivity index (χ3v) is 2.67. The zero-order chi connectivity index (χ0) is 12.3. The fourth-order valence-corrected chi connectivity index (χ4v) is 1.75. The van der Waals surface area contributed by atoms with Gasteiger partial charge in [0.05, 0.1) is 6.61 Å². The number of aliphatic hydroxyl groups excluding tert-OH is 2. The molecule has 0 amide bonds. The molecular formula is C12H14O5. The predicted octanol–water partition coefficient (Wildman–Crippen LogP) is -0.151. The summed E-state index contributed by atoms with van der Waals surface area (Å²) in [5.41, 5.74) is 0.922. The van der Waals surface area contributed by atoms with E-state index in [0.29, 0.717) is 6.29 Å². The Bertz CT molecular complexity index is 366. The molecule has 0 aromatic heterocycles. The van der Waals surface area contributed by atoms with E-state index in [1.807, 2.05) is 30.3 Å². The normalized spacial score (nSPS) is 32.6. The van der Waals surface area contributed by atoms with E-state index < -0.39 is 24.6 Å². The van der Waals surface area contributed by atoms with E-state index in [-0.39, 0.29) is 6.61 Å². The number of carbonyl (C=O) groups excluding carboxylic acids is 1. The molecule has 0 radical (unpaired) electrons. The Kier molecular flexibility index (Phi) is 3.86. The molecule has 0 aliphatic carbocycles. The molecule has 2 N–H and O–H groups in total. The molecule has 1 heterocycles. The maximum atomic E-state index is 10.7. The van der Waals surface area contributed by atoms with Gasteiger partial charge in [-0.15, -0.1) is 0 Å². The molecule has 1 saturated heterocycles. The monoisotopic (exact) mass is 238 g/mol. The topological polar surface area (TPSA) is 76.0 Å². The molecule has 5 nitrogen and oxygen atoms in total. The Morgan fingerprint density at radius 1 is 1.29 bits per heavy atom. The highest BCUT2D eigenvalue weighted by molar-refractivity contribution is 5.58. The largest absolute Gasteiger partial charge is 0.385 e. The zero-order valence-electron chi connectivity index (χ0n) is 9.10. The lowest BCUT2D eigenvalue weighted by Gasteiger charge is -2.17. The van der Waals surface area contributed by atoms with Crippen molar-refractivity contribution in [1.82, 2.24) is 0 Å². The Balaban J connectivity index is 1.96. The van der Waals surface area contributed by atoms with Crippen LogP contribution in [-0.4, -0.2) is 41.1 Å². The molecule has 1 aromatic carbocycles. The van der Waals surface area contributed by atoms with E-state index >= 15 is 0 Å². The molecule has 0 bridgehead atoms. The van der Waals surface area contributed by atoms with Crippen molar-refractivity contribution in [2.75, 3.05) is 0 Å². The van der Waals surface area contributed by atoms with Crippen molar-refractivity contribution >= 4 is 6.29 Å². The number of carbonyl (C=O) groups is 1. The molecule has 17 heavy (non-hydrogen) atoms. The van der Waals surface area contributed by atoms with E-state index in [1.54, 1.807) is 0 Å². The van der Waals surface area contributed by atoms with Gasteiger partial charge < -0.3 is 24.5 Å². The van der Waals surface area contributed by atoms with Gasteiger partial charge in [-0.3, -0.25) is 0 Å². The smallest absolute Gasteiger partial charge is 0.184 e. The van der Waals surface area contributed by atoms with E-state index in [0.717, 1.165) is 5.56 Å². The molecule has 1 aliphatic heterocycles. The Morgan fingerprint density at radius 2 is 2.00 bits per heavy atom. The maximum Gasteiger partial charge on any atom is 0.184 e. The first-order valence-electron chi connectivity index (χ1n) is 5.35. The van der Waals surface area contributed by atoms with Crippen LogP contribution >= 0.6 is 0 Å². The molecule has 92 valence electrons. The lowest BCUT2D eigenvalue weighted by molar-refractivity contribution is -0.140. The van der Waals surface area contributed by atoms with Crippen molar-refractivity contribution in [3.05, 3.63) is 35.9 Å². The number of hydrogen-bond donors (Lipinski definition) is 2.